The zero-order chi connectivity index (χ0) is 10.3. The first-order valence-electron chi connectivity index (χ1n) is 4.92. The number of nitrogens with two attached hydrogens (primary N) is 1. The summed E-state index contributed by atoms with van der Waals surface area (Å²) in [5.74, 6) is 0.241. The minimum Gasteiger partial charge on any atom is -0.366 e. The van der Waals surface area contributed by atoms with Crippen molar-refractivity contribution < 1.29 is 0 Å². The van der Waals surface area contributed by atoms with Crippen molar-refractivity contribution in [3.8, 4) is 11.3 Å². The van der Waals surface area contributed by atoms with Gasteiger partial charge in [-0.3, -0.25) is 0 Å². The quantitative estimate of drug-likeness (QED) is 0.691. The zero-order valence-corrected chi connectivity index (χ0v) is 8.14. The predicted molar refractivity (Wildman–Crippen MR) is 57.1 cm³/mol. The van der Waals surface area contributed by atoms with Gasteiger partial charge < -0.3 is 5.73 Å². The highest BCUT2D eigenvalue weighted by atomic mass is 15.2. The Hall–Kier alpha value is -1.97. The third kappa shape index (κ3) is 1.26. The highest BCUT2D eigenvalue weighted by Crippen LogP contribution is 2.30. The van der Waals surface area contributed by atoms with Crippen LogP contribution < -0.4 is 5.73 Å². The SMILES string of the molecule is Nc1nnc2c(n1)-c1ccccc1CC2. The molecule has 2 N–H and O–H groups in total. The van der Waals surface area contributed by atoms with Gasteiger partial charge in [-0.15, -0.1) is 10.2 Å². The standard InChI is InChI=1S/C11H10N4/c12-11-13-10-8-4-2-1-3-7(8)5-6-9(10)14-15-11/h1-4H,5-6H2,(H2,12,13,15). The molecule has 0 saturated carbocycles. The summed E-state index contributed by atoms with van der Waals surface area (Å²) in [6, 6.07) is 8.23. The fraction of sp³-hybridized carbons (Fsp3) is 0.182. The second-order valence-electron chi connectivity index (χ2n) is 3.62. The molecule has 1 aromatic carbocycles. The van der Waals surface area contributed by atoms with E-state index in [9.17, 15) is 0 Å². The van der Waals surface area contributed by atoms with E-state index in [1.54, 1.807) is 0 Å². The van der Waals surface area contributed by atoms with Crippen molar-refractivity contribution in [3.05, 3.63) is 35.5 Å². The van der Waals surface area contributed by atoms with Crippen LogP contribution in [-0.4, -0.2) is 15.2 Å². The van der Waals surface area contributed by atoms with Crippen molar-refractivity contribution in [1.29, 1.82) is 0 Å². The van der Waals surface area contributed by atoms with Crippen LogP contribution in [-0.2, 0) is 12.8 Å². The number of rotatable bonds is 0. The maximum Gasteiger partial charge on any atom is 0.240 e. The lowest BCUT2D eigenvalue weighted by Gasteiger charge is -2.16. The average Bonchev–Trinajstić information content (AvgIpc) is 2.29. The molecule has 1 aromatic heterocycles. The summed E-state index contributed by atoms with van der Waals surface area (Å²) >= 11 is 0. The number of benzene rings is 1. The molecule has 0 fully saturated rings. The fourth-order valence-corrected chi connectivity index (χ4v) is 1.97. The van der Waals surface area contributed by atoms with Crippen LogP contribution in [0.2, 0.25) is 0 Å². The number of aromatic nitrogens is 3. The Morgan fingerprint density at radius 3 is 2.87 bits per heavy atom. The summed E-state index contributed by atoms with van der Waals surface area (Å²) < 4.78 is 0. The lowest BCUT2D eigenvalue weighted by atomic mass is 9.92. The van der Waals surface area contributed by atoms with Crippen LogP contribution in [0, 0.1) is 0 Å². The molecule has 1 heterocycles. The normalized spacial score (nSPS) is 13.1. The second kappa shape index (κ2) is 3.02. The minimum absolute atomic E-state index is 0.241. The van der Waals surface area contributed by atoms with Gasteiger partial charge in [0.25, 0.3) is 0 Å². The number of anilines is 1. The monoisotopic (exact) mass is 198 g/mol. The average molecular weight is 198 g/mol. The van der Waals surface area contributed by atoms with Crippen molar-refractivity contribution in [1.82, 2.24) is 15.2 Å². The molecule has 4 nitrogen and oxygen atoms in total. The van der Waals surface area contributed by atoms with Gasteiger partial charge in [0, 0.05) is 5.56 Å². The molecule has 1 aliphatic carbocycles. The first-order chi connectivity index (χ1) is 7.34. The topological polar surface area (TPSA) is 64.7 Å². The van der Waals surface area contributed by atoms with Crippen LogP contribution in [0.3, 0.4) is 0 Å². The van der Waals surface area contributed by atoms with Crippen molar-refractivity contribution in [2.24, 2.45) is 0 Å². The van der Waals surface area contributed by atoms with Gasteiger partial charge in [-0.05, 0) is 18.4 Å². The molecule has 2 aromatic rings. The van der Waals surface area contributed by atoms with Gasteiger partial charge in [-0.1, -0.05) is 24.3 Å². The molecule has 0 bridgehead atoms. The third-order valence-electron chi connectivity index (χ3n) is 2.68. The van der Waals surface area contributed by atoms with E-state index in [2.05, 4.69) is 27.3 Å². The summed E-state index contributed by atoms with van der Waals surface area (Å²) in [4.78, 5) is 4.26. The Labute approximate surface area is 87.2 Å². The number of hydrogen-bond donors (Lipinski definition) is 1. The summed E-state index contributed by atoms with van der Waals surface area (Å²) in [7, 11) is 0. The van der Waals surface area contributed by atoms with Gasteiger partial charge >= 0.3 is 0 Å². The summed E-state index contributed by atoms with van der Waals surface area (Å²) in [6.45, 7) is 0. The molecule has 4 heteroatoms. The lowest BCUT2D eigenvalue weighted by Crippen LogP contribution is -2.11. The molecule has 1 aliphatic rings. The minimum atomic E-state index is 0.241. The van der Waals surface area contributed by atoms with Gasteiger partial charge in [0.2, 0.25) is 5.95 Å². The van der Waals surface area contributed by atoms with Gasteiger partial charge in [-0.2, -0.15) is 0 Å². The summed E-state index contributed by atoms with van der Waals surface area (Å²) in [5.41, 5.74) is 9.84. The zero-order valence-electron chi connectivity index (χ0n) is 8.14. The van der Waals surface area contributed by atoms with E-state index in [-0.39, 0.29) is 5.95 Å². The summed E-state index contributed by atoms with van der Waals surface area (Å²) in [5, 5.41) is 7.86. The first kappa shape index (κ1) is 8.35. The van der Waals surface area contributed by atoms with E-state index in [1.165, 1.54) is 5.56 Å². The molecule has 0 saturated heterocycles. The molecule has 15 heavy (non-hydrogen) atoms. The maximum atomic E-state index is 5.55. The Morgan fingerprint density at radius 2 is 1.93 bits per heavy atom. The fourth-order valence-electron chi connectivity index (χ4n) is 1.97. The van der Waals surface area contributed by atoms with E-state index in [4.69, 9.17) is 5.73 Å². The number of aryl methyl sites for hydroxylation is 2. The maximum absolute atomic E-state index is 5.55. The predicted octanol–water partition coefficient (Wildman–Crippen LogP) is 1.22. The van der Waals surface area contributed by atoms with Crippen LogP contribution in [0.4, 0.5) is 5.95 Å². The largest absolute Gasteiger partial charge is 0.366 e. The molecule has 0 amide bonds. The van der Waals surface area contributed by atoms with Crippen LogP contribution in [0.25, 0.3) is 11.3 Å². The lowest BCUT2D eigenvalue weighted by molar-refractivity contribution is 0.825. The van der Waals surface area contributed by atoms with Crippen molar-refractivity contribution >= 4 is 5.95 Å². The van der Waals surface area contributed by atoms with E-state index in [1.807, 2.05) is 12.1 Å². The van der Waals surface area contributed by atoms with Crippen molar-refractivity contribution in [2.45, 2.75) is 12.8 Å². The number of nitrogens with zero attached hydrogens (tertiary/aromatic N) is 3. The molecule has 74 valence electrons. The Morgan fingerprint density at radius 1 is 1.07 bits per heavy atom. The number of fused-ring (bicyclic) bond motifs is 3. The van der Waals surface area contributed by atoms with E-state index in [0.717, 1.165) is 29.8 Å². The van der Waals surface area contributed by atoms with Crippen LogP contribution in [0.15, 0.2) is 24.3 Å². The highest BCUT2D eigenvalue weighted by Gasteiger charge is 2.18. The van der Waals surface area contributed by atoms with Crippen LogP contribution in [0.5, 0.6) is 0 Å². The van der Waals surface area contributed by atoms with Gasteiger partial charge in [0.1, 0.15) is 0 Å². The number of hydrogen-bond acceptors (Lipinski definition) is 4. The molecular weight excluding hydrogens is 188 g/mol. The van der Waals surface area contributed by atoms with E-state index < -0.39 is 0 Å². The van der Waals surface area contributed by atoms with E-state index in [0.29, 0.717) is 0 Å². The highest BCUT2D eigenvalue weighted by molar-refractivity contribution is 5.68. The Balaban J connectivity index is 2.28. The van der Waals surface area contributed by atoms with Gasteiger partial charge in [0.05, 0.1) is 11.4 Å². The summed E-state index contributed by atoms with van der Waals surface area (Å²) in [6.07, 6.45) is 1.90. The third-order valence-corrected chi connectivity index (χ3v) is 2.68. The molecule has 0 unspecified atom stereocenters. The number of nitrogen functional groups attached to an aromatic ring is 1. The molecular formula is C11H10N4. The smallest absolute Gasteiger partial charge is 0.240 e. The van der Waals surface area contributed by atoms with Gasteiger partial charge in [-0.25, -0.2) is 4.98 Å². The van der Waals surface area contributed by atoms with E-state index >= 15 is 0 Å². The van der Waals surface area contributed by atoms with Crippen LogP contribution in [0.1, 0.15) is 11.3 Å². The van der Waals surface area contributed by atoms with Crippen molar-refractivity contribution in [2.75, 3.05) is 5.73 Å². The molecule has 0 atom stereocenters. The second-order valence-corrected chi connectivity index (χ2v) is 3.62. The molecule has 3 rings (SSSR count). The van der Waals surface area contributed by atoms with Crippen LogP contribution >= 0.6 is 0 Å². The molecule has 0 aliphatic heterocycles. The Kier molecular flexibility index (Phi) is 1.68. The van der Waals surface area contributed by atoms with Gasteiger partial charge in [0.15, 0.2) is 0 Å². The molecule has 0 spiro atoms. The molecule has 0 radical (unpaired) electrons. The van der Waals surface area contributed by atoms with Crippen molar-refractivity contribution in [3.63, 3.8) is 0 Å². The first-order valence-corrected chi connectivity index (χ1v) is 4.92. The Bertz CT molecular complexity index is 522.